The maximum Gasteiger partial charge on any atom is 0.232 e. The number of sulfonamides is 1. The molecule has 0 saturated carbocycles. The summed E-state index contributed by atoms with van der Waals surface area (Å²) in [5, 5.41) is 11.3. The molecule has 0 aliphatic carbocycles. The number of carbonyl (C=O) groups is 1. The minimum Gasteiger partial charge on any atom is -0.301 e. The highest BCUT2D eigenvalue weighted by molar-refractivity contribution is 8.01. The Kier molecular flexibility index (Phi) is 8.91. The Hall–Kier alpha value is -1.65. The topological polar surface area (TPSA) is 92.3 Å². The summed E-state index contributed by atoms with van der Waals surface area (Å²) in [5.41, 5.74) is 1.76. The number of nitrogens with zero attached hydrogens (tertiary/aromatic N) is 3. The van der Waals surface area contributed by atoms with Crippen molar-refractivity contribution in [3.05, 3.63) is 29.8 Å². The van der Waals surface area contributed by atoms with Crippen LogP contribution in [-0.4, -0.2) is 43.1 Å². The van der Waals surface area contributed by atoms with Crippen molar-refractivity contribution < 1.29 is 13.2 Å². The molecule has 2 aromatic rings. The minimum atomic E-state index is -3.43. The van der Waals surface area contributed by atoms with Gasteiger partial charge in [0.25, 0.3) is 0 Å². The van der Waals surface area contributed by atoms with E-state index >= 15 is 0 Å². The summed E-state index contributed by atoms with van der Waals surface area (Å²) in [7, 11) is -3.43. The molecule has 1 aromatic carbocycles. The van der Waals surface area contributed by atoms with Gasteiger partial charge in [-0.15, -0.1) is 10.2 Å². The van der Waals surface area contributed by atoms with Gasteiger partial charge in [-0.05, 0) is 36.5 Å². The van der Waals surface area contributed by atoms with Crippen LogP contribution in [-0.2, 0) is 21.2 Å². The zero-order valence-corrected chi connectivity index (χ0v) is 19.7. The van der Waals surface area contributed by atoms with E-state index < -0.39 is 10.0 Å². The first-order valence-corrected chi connectivity index (χ1v) is 13.2. The van der Waals surface area contributed by atoms with Crippen molar-refractivity contribution in [1.29, 1.82) is 0 Å². The lowest BCUT2D eigenvalue weighted by atomic mass is 10.1. The van der Waals surface area contributed by atoms with E-state index in [0.29, 0.717) is 23.2 Å². The average Bonchev–Trinajstić information content (AvgIpc) is 3.10. The standard InChI is InChI=1S/C19H28N4O3S3/c1-5-15-8-10-16(11-9-15)23(29(4,25)26)12-6-7-17(24)20-18-21-22-19(28-18)27-13-14(2)3/h8-11,14H,5-7,12-13H2,1-4H3,(H,20,21,24). The third kappa shape index (κ3) is 7.94. The number of hydrogen-bond acceptors (Lipinski definition) is 7. The fraction of sp³-hybridized carbons (Fsp3) is 0.526. The van der Waals surface area contributed by atoms with Gasteiger partial charge in [0.15, 0.2) is 4.34 Å². The molecule has 0 aliphatic rings. The molecule has 10 heteroatoms. The Balaban J connectivity index is 1.88. The molecule has 29 heavy (non-hydrogen) atoms. The van der Waals surface area contributed by atoms with E-state index in [4.69, 9.17) is 0 Å². The molecule has 1 heterocycles. The molecule has 0 fully saturated rings. The quantitative estimate of drug-likeness (QED) is 0.405. The number of thioether (sulfide) groups is 1. The molecule has 0 atom stereocenters. The Morgan fingerprint density at radius 2 is 1.93 bits per heavy atom. The fourth-order valence-corrected chi connectivity index (χ4v) is 5.22. The Morgan fingerprint density at radius 1 is 1.24 bits per heavy atom. The van der Waals surface area contributed by atoms with Gasteiger partial charge in [0.2, 0.25) is 21.1 Å². The summed E-state index contributed by atoms with van der Waals surface area (Å²) in [6.45, 7) is 6.55. The number of nitrogens with one attached hydrogen (secondary N) is 1. The van der Waals surface area contributed by atoms with E-state index in [9.17, 15) is 13.2 Å². The van der Waals surface area contributed by atoms with Crippen molar-refractivity contribution in [2.75, 3.05) is 28.2 Å². The normalized spacial score (nSPS) is 11.6. The maximum atomic E-state index is 12.2. The predicted molar refractivity (Wildman–Crippen MR) is 121 cm³/mol. The van der Waals surface area contributed by atoms with Crippen molar-refractivity contribution >= 4 is 49.8 Å². The summed E-state index contributed by atoms with van der Waals surface area (Å²) in [6.07, 6.45) is 2.68. The van der Waals surface area contributed by atoms with Gasteiger partial charge in [0, 0.05) is 18.7 Å². The Labute approximate surface area is 181 Å². The molecule has 0 unspecified atom stereocenters. The molecule has 1 amide bonds. The first-order valence-electron chi connectivity index (χ1n) is 9.51. The third-order valence-corrected chi connectivity index (χ3v) is 7.58. The first-order chi connectivity index (χ1) is 13.7. The van der Waals surface area contributed by atoms with E-state index in [1.165, 1.54) is 21.9 Å². The molecule has 0 spiro atoms. The zero-order valence-electron chi connectivity index (χ0n) is 17.2. The summed E-state index contributed by atoms with van der Waals surface area (Å²) >= 11 is 2.97. The van der Waals surface area contributed by atoms with Crippen LogP contribution in [0, 0.1) is 5.92 Å². The van der Waals surface area contributed by atoms with Gasteiger partial charge in [-0.25, -0.2) is 8.42 Å². The van der Waals surface area contributed by atoms with Gasteiger partial charge in [-0.2, -0.15) is 0 Å². The van der Waals surface area contributed by atoms with Crippen LogP contribution in [0.2, 0.25) is 0 Å². The second-order valence-electron chi connectivity index (χ2n) is 7.08. The van der Waals surface area contributed by atoms with Gasteiger partial charge < -0.3 is 5.32 Å². The van der Waals surface area contributed by atoms with Crippen molar-refractivity contribution in [3.8, 4) is 0 Å². The molecule has 1 N–H and O–H groups in total. The van der Waals surface area contributed by atoms with Crippen LogP contribution in [0.25, 0.3) is 0 Å². The fourth-order valence-electron chi connectivity index (χ4n) is 2.51. The Bertz CT molecular complexity index is 896. The molecular weight excluding hydrogens is 428 g/mol. The lowest BCUT2D eigenvalue weighted by Gasteiger charge is -2.22. The van der Waals surface area contributed by atoms with E-state index in [2.05, 4.69) is 29.4 Å². The number of aromatic nitrogens is 2. The lowest BCUT2D eigenvalue weighted by molar-refractivity contribution is -0.116. The molecule has 1 aromatic heterocycles. The summed E-state index contributed by atoms with van der Waals surface area (Å²) in [4.78, 5) is 12.2. The molecular formula is C19H28N4O3S3. The van der Waals surface area contributed by atoms with Crippen LogP contribution in [0.5, 0.6) is 0 Å². The first kappa shape index (κ1) is 23.6. The van der Waals surface area contributed by atoms with Gasteiger partial charge in [0.1, 0.15) is 0 Å². The molecule has 0 aliphatic heterocycles. The molecule has 7 nitrogen and oxygen atoms in total. The number of benzene rings is 1. The zero-order chi connectivity index (χ0) is 21.4. The van der Waals surface area contributed by atoms with Crippen molar-refractivity contribution in [2.24, 2.45) is 5.92 Å². The molecule has 0 saturated heterocycles. The van der Waals surface area contributed by atoms with E-state index in [1.807, 2.05) is 19.1 Å². The SMILES string of the molecule is CCc1ccc(N(CCCC(=O)Nc2nnc(SCC(C)C)s2)S(C)(=O)=O)cc1. The molecule has 160 valence electrons. The number of amides is 1. The van der Waals surface area contributed by atoms with Crippen molar-refractivity contribution in [2.45, 2.75) is 44.4 Å². The Morgan fingerprint density at radius 3 is 2.52 bits per heavy atom. The predicted octanol–water partition coefficient (Wildman–Crippen LogP) is 4.03. The van der Waals surface area contributed by atoms with Crippen LogP contribution in [0.1, 0.15) is 39.2 Å². The molecule has 0 bridgehead atoms. The number of hydrogen-bond donors (Lipinski definition) is 1. The van der Waals surface area contributed by atoms with E-state index in [-0.39, 0.29) is 18.9 Å². The number of aryl methyl sites for hydroxylation is 1. The summed E-state index contributed by atoms with van der Waals surface area (Å²) < 4.78 is 26.5. The summed E-state index contributed by atoms with van der Waals surface area (Å²) in [5.74, 6) is 1.30. The lowest BCUT2D eigenvalue weighted by Crippen LogP contribution is -2.31. The second kappa shape index (κ2) is 10.9. The monoisotopic (exact) mass is 456 g/mol. The highest BCUT2D eigenvalue weighted by atomic mass is 32.2. The average molecular weight is 457 g/mol. The van der Waals surface area contributed by atoms with Gasteiger partial charge in [0.05, 0.1) is 11.9 Å². The van der Waals surface area contributed by atoms with Crippen LogP contribution in [0.3, 0.4) is 0 Å². The third-order valence-electron chi connectivity index (χ3n) is 3.99. The molecule has 2 rings (SSSR count). The van der Waals surface area contributed by atoms with E-state index in [0.717, 1.165) is 22.1 Å². The van der Waals surface area contributed by atoms with Crippen LogP contribution in [0.4, 0.5) is 10.8 Å². The van der Waals surface area contributed by atoms with E-state index in [1.54, 1.807) is 23.9 Å². The number of anilines is 2. The largest absolute Gasteiger partial charge is 0.301 e. The van der Waals surface area contributed by atoms with Crippen LogP contribution >= 0.6 is 23.1 Å². The summed E-state index contributed by atoms with van der Waals surface area (Å²) in [6, 6.07) is 7.45. The van der Waals surface area contributed by atoms with Gasteiger partial charge in [-0.1, -0.05) is 56.0 Å². The van der Waals surface area contributed by atoms with Gasteiger partial charge in [-0.3, -0.25) is 9.10 Å². The van der Waals surface area contributed by atoms with Crippen molar-refractivity contribution in [1.82, 2.24) is 10.2 Å². The maximum absolute atomic E-state index is 12.2. The van der Waals surface area contributed by atoms with Gasteiger partial charge >= 0.3 is 0 Å². The highest BCUT2D eigenvalue weighted by Gasteiger charge is 2.18. The van der Waals surface area contributed by atoms with Crippen molar-refractivity contribution in [3.63, 3.8) is 0 Å². The smallest absolute Gasteiger partial charge is 0.232 e. The number of carbonyl (C=O) groups excluding carboxylic acids is 1. The number of rotatable bonds is 11. The minimum absolute atomic E-state index is 0.198. The second-order valence-corrected chi connectivity index (χ2v) is 11.2. The van der Waals surface area contributed by atoms with Crippen LogP contribution in [0.15, 0.2) is 28.6 Å². The highest BCUT2D eigenvalue weighted by Crippen LogP contribution is 2.27. The van der Waals surface area contributed by atoms with Crippen LogP contribution < -0.4 is 9.62 Å². The molecule has 0 radical (unpaired) electrons.